The van der Waals surface area contributed by atoms with E-state index in [4.69, 9.17) is 21.7 Å². The minimum absolute atomic E-state index is 0.0392. The Hall–Kier alpha value is -2.28. The summed E-state index contributed by atoms with van der Waals surface area (Å²) in [6.07, 6.45) is -0.0493. The molecule has 0 saturated heterocycles. The molecule has 0 aliphatic rings. The highest BCUT2D eigenvalue weighted by Gasteiger charge is 2.18. The molecule has 0 aromatic rings. The molecule has 0 spiro atoms. The average Bonchev–Trinajstić information content (AvgIpc) is 2.47. The van der Waals surface area contributed by atoms with E-state index in [1.807, 2.05) is 0 Å². The monoisotopic (exact) mass is 348 g/mol. The number of carboxylic acid groups (broad SMARTS) is 2. The number of rotatable bonds is 15. The Morgan fingerprint density at radius 3 is 1.33 bits per heavy atom. The van der Waals surface area contributed by atoms with Crippen LogP contribution in [0, 0.1) is 0 Å². The fourth-order valence-electron chi connectivity index (χ4n) is 1.60. The van der Waals surface area contributed by atoms with Gasteiger partial charge in [-0.1, -0.05) is 0 Å². The highest BCUT2D eigenvalue weighted by atomic mass is 16.4. The van der Waals surface area contributed by atoms with E-state index in [1.165, 1.54) is 0 Å². The summed E-state index contributed by atoms with van der Waals surface area (Å²) in [5, 5.41) is 17.9. The number of hydrogen-bond donors (Lipinski definition) is 8. The van der Waals surface area contributed by atoms with Gasteiger partial charge in [-0.05, 0) is 12.8 Å². The van der Waals surface area contributed by atoms with Crippen molar-refractivity contribution in [2.45, 2.75) is 37.8 Å². The summed E-state index contributed by atoms with van der Waals surface area (Å²) in [5.41, 5.74) is 20.2. The molecule has 10 N–H and O–H groups in total. The van der Waals surface area contributed by atoms with Crippen molar-refractivity contribution in [1.29, 1.82) is 0 Å². The summed E-state index contributed by atoms with van der Waals surface area (Å²) in [4.78, 5) is 43.2. The number of carbonyl (C=O) groups excluding carboxylic acids is 2. The number of primary amides is 2. The van der Waals surface area contributed by atoms with Crippen LogP contribution in [0.5, 0.6) is 0 Å². The number of hydrazine groups is 2. The van der Waals surface area contributed by atoms with Gasteiger partial charge in [-0.15, -0.1) is 0 Å². The first-order chi connectivity index (χ1) is 11.2. The first kappa shape index (κ1) is 21.7. The summed E-state index contributed by atoms with van der Waals surface area (Å²) < 4.78 is 0. The van der Waals surface area contributed by atoms with E-state index in [-0.39, 0.29) is 38.8 Å². The summed E-state index contributed by atoms with van der Waals surface area (Å²) in [6, 6.07) is -1.96. The van der Waals surface area contributed by atoms with Gasteiger partial charge in [0, 0.05) is 25.9 Å². The molecule has 12 nitrogen and oxygen atoms in total. The van der Waals surface area contributed by atoms with Crippen LogP contribution in [0.3, 0.4) is 0 Å². The van der Waals surface area contributed by atoms with E-state index in [2.05, 4.69) is 21.7 Å². The van der Waals surface area contributed by atoms with Crippen LogP contribution in [-0.4, -0.2) is 59.1 Å². The molecule has 24 heavy (non-hydrogen) atoms. The van der Waals surface area contributed by atoms with Crippen molar-refractivity contribution >= 4 is 23.8 Å². The maximum absolute atomic E-state index is 10.9. The number of amides is 2. The SMILES string of the molecule is NC(=O)CC[C@H](NNCCNN[C@@H](CCC(N)=O)C(=O)O)C(=O)O. The predicted molar refractivity (Wildman–Crippen MR) is 82.0 cm³/mol. The summed E-state index contributed by atoms with van der Waals surface area (Å²) in [5.74, 6) is -3.45. The molecule has 0 unspecified atom stereocenters. The second-order valence-electron chi connectivity index (χ2n) is 4.93. The number of hydrogen-bond acceptors (Lipinski definition) is 8. The quantitative estimate of drug-likeness (QED) is 0.109. The maximum Gasteiger partial charge on any atom is 0.322 e. The lowest BCUT2D eigenvalue weighted by Gasteiger charge is -2.17. The molecule has 0 aromatic heterocycles. The van der Waals surface area contributed by atoms with Gasteiger partial charge in [0.05, 0.1) is 0 Å². The number of nitrogens with two attached hydrogens (primary N) is 2. The van der Waals surface area contributed by atoms with E-state index in [9.17, 15) is 19.2 Å². The lowest BCUT2D eigenvalue weighted by atomic mass is 10.1. The molecule has 138 valence electrons. The van der Waals surface area contributed by atoms with E-state index < -0.39 is 35.8 Å². The third-order valence-corrected chi connectivity index (χ3v) is 2.88. The normalized spacial score (nSPS) is 13.2. The largest absolute Gasteiger partial charge is 0.480 e. The number of carbonyl (C=O) groups is 4. The van der Waals surface area contributed by atoms with Crippen molar-refractivity contribution in [3.8, 4) is 0 Å². The fourth-order valence-corrected chi connectivity index (χ4v) is 1.60. The van der Waals surface area contributed by atoms with Crippen LogP contribution in [0.2, 0.25) is 0 Å². The van der Waals surface area contributed by atoms with Gasteiger partial charge >= 0.3 is 11.9 Å². The maximum atomic E-state index is 10.9. The van der Waals surface area contributed by atoms with Gasteiger partial charge in [-0.3, -0.25) is 30.0 Å². The van der Waals surface area contributed by atoms with Gasteiger partial charge in [0.1, 0.15) is 12.1 Å². The van der Waals surface area contributed by atoms with Crippen LogP contribution in [-0.2, 0) is 19.2 Å². The molecule has 2 amide bonds. The molecular weight excluding hydrogens is 324 g/mol. The Morgan fingerprint density at radius 2 is 1.08 bits per heavy atom. The van der Waals surface area contributed by atoms with E-state index >= 15 is 0 Å². The van der Waals surface area contributed by atoms with E-state index in [1.54, 1.807) is 0 Å². The minimum atomic E-state index is -1.13. The first-order valence-corrected chi connectivity index (χ1v) is 7.23. The Balaban J connectivity index is 3.93. The molecule has 0 aromatic carbocycles. The van der Waals surface area contributed by atoms with Gasteiger partial charge in [-0.25, -0.2) is 10.9 Å². The fraction of sp³-hybridized carbons (Fsp3) is 0.667. The zero-order chi connectivity index (χ0) is 18.5. The summed E-state index contributed by atoms with van der Waals surface area (Å²) in [6.45, 7) is 0.519. The second kappa shape index (κ2) is 12.2. The Morgan fingerprint density at radius 1 is 0.750 bits per heavy atom. The Kier molecular flexibility index (Phi) is 11.0. The molecule has 0 aliphatic carbocycles. The summed E-state index contributed by atoms with van der Waals surface area (Å²) >= 11 is 0. The van der Waals surface area contributed by atoms with Crippen LogP contribution >= 0.6 is 0 Å². The first-order valence-electron chi connectivity index (χ1n) is 7.23. The van der Waals surface area contributed by atoms with Crippen LogP contribution in [0.25, 0.3) is 0 Å². The molecule has 0 bridgehead atoms. The molecule has 12 heteroatoms. The molecule has 0 aliphatic heterocycles. The van der Waals surface area contributed by atoms with Gasteiger partial charge in [0.15, 0.2) is 0 Å². The van der Waals surface area contributed by atoms with Gasteiger partial charge in [-0.2, -0.15) is 0 Å². The van der Waals surface area contributed by atoms with E-state index in [0.29, 0.717) is 0 Å². The Bertz CT molecular complexity index is 406. The van der Waals surface area contributed by atoms with Crippen molar-refractivity contribution in [2.24, 2.45) is 11.5 Å². The molecular formula is C12H24N6O6. The number of carboxylic acids is 2. The molecule has 2 atom stereocenters. The van der Waals surface area contributed by atoms with Crippen molar-refractivity contribution in [1.82, 2.24) is 21.7 Å². The van der Waals surface area contributed by atoms with Crippen LogP contribution in [0.15, 0.2) is 0 Å². The number of aliphatic carboxylic acids is 2. The zero-order valence-electron chi connectivity index (χ0n) is 13.1. The highest BCUT2D eigenvalue weighted by molar-refractivity contribution is 5.77. The Labute approximate surface area is 138 Å². The lowest BCUT2D eigenvalue weighted by molar-refractivity contribution is -0.141. The standard InChI is InChI=1S/C12H24N6O6/c13-9(19)3-1-7(11(21)22)17-15-5-6-16-18-8(12(23)24)2-4-10(14)20/h7-8,15-18H,1-6H2,(H2,13,19)(H2,14,20)(H,21,22)(H,23,24)/t7-,8-/m0/s1. The molecule has 0 saturated carbocycles. The van der Waals surface area contributed by atoms with Crippen molar-refractivity contribution in [3.05, 3.63) is 0 Å². The van der Waals surface area contributed by atoms with Crippen LogP contribution < -0.4 is 33.2 Å². The molecule has 0 heterocycles. The van der Waals surface area contributed by atoms with Gasteiger partial charge in [0.2, 0.25) is 11.8 Å². The summed E-state index contributed by atoms with van der Waals surface area (Å²) in [7, 11) is 0. The highest BCUT2D eigenvalue weighted by Crippen LogP contribution is 1.96. The van der Waals surface area contributed by atoms with E-state index in [0.717, 1.165) is 0 Å². The average molecular weight is 348 g/mol. The zero-order valence-corrected chi connectivity index (χ0v) is 13.1. The third kappa shape index (κ3) is 11.3. The molecule has 0 radical (unpaired) electrons. The third-order valence-electron chi connectivity index (χ3n) is 2.88. The topological polar surface area (TPSA) is 209 Å². The second-order valence-corrected chi connectivity index (χ2v) is 4.93. The lowest BCUT2D eigenvalue weighted by Crippen LogP contribution is -2.51. The van der Waals surface area contributed by atoms with Crippen molar-refractivity contribution < 1.29 is 29.4 Å². The predicted octanol–water partition coefficient (Wildman–Crippen LogP) is -3.39. The van der Waals surface area contributed by atoms with Crippen LogP contribution in [0.1, 0.15) is 25.7 Å². The van der Waals surface area contributed by atoms with Crippen LogP contribution in [0.4, 0.5) is 0 Å². The smallest absolute Gasteiger partial charge is 0.322 e. The minimum Gasteiger partial charge on any atom is -0.480 e. The van der Waals surface area contributed by atoms with Crippen molar-refractivity contribution in [2.75, 3.05) is 13.1 Å². The van der Waals surface area contributed by atoms with Gasteiger partial charge in [0.25, 0.3) is 0 Å². The van der Waals surface area contributed by atoms with Gasteiger partial charge < -0.3 is 21.7 Å². The number of nitrogens with one attached hydrogen (secondary N) is 4. The van der Waals surface area contributed by atoms with Crippen molar-refractivity contribution in [3.63, 3.8) is 0 Å². The molecule has 0 rings (SSSR count). The molecule has 0 fully saturated rings.